The summed E-state index contributed by atoms with van der Waals surface area (Å²) in [6, 6.07) is 0. The van der Waals surface area contributed by atoms with Crippen LogP contribution < -0.4 is 17.8 Å². The Morgan fingerprint density at radius 1 is 0.696 bits per heavy atom. The van der Waals surface area contributed by atoms with Crippen LogP contribution in [0.5, 0.6) is 0 Å². The minimum Gasteiger partial charge on any atom is -1.00 e. The van der Waals surface area contributed by atoms with Crippen LogP contribution in [0.4, 0.5) is 0 Å². The van der Waals surface area contributed by atoms with Gasteiger partial charge in [-0.3, -0.25) is 4.79 Å². The maximum atomic E-state index is 11.6. The van der Waals surface area contributed by atoms with Crippen molar-refractivity contribution in [2.24, 2.45) is 0 Å². The van der Waals surface area contributed by atoms with E-state index < -0.39 is 0 Å². The molecule has 0 saturated heterocycles. The maximum absolute atomic E-state index is 11.6. The summed E-state index contributed by atoms with van der Waals surface area (Å²) in [6.07, 6.45) is 18.2. The normalized spacial score (nSPS) is 11.1. The Kier molecular flexibility index (Phi) is 18.0. The first kappa shape index (κ1) is 25.0. The number of nitrogens with one attached hydrogen (secondary N) is 1. The largest absolute Gasteiger partial charge is 1.00 e. The first-order valence-corrected chi connectivity index (χ1v) is 9.58. The van der Waals surface area contributed by atoms with Crippen LogP contribution in [0.15, 0.2) is 0 Å². The third-order valence-corrected chi connectivity index (χ3v) is 3.97. The fraction of sp³-hybridized carbons (Fsp3) is 0.947. The summed E-state index contributed by atoms with van der Waals surface area (Å²) >= 11 is 0. The van der Waals surface area contributed by atoms with Crippen LogP contribution >= 0.6 is 0 Å². The molecule has 0 rings (SSSR count). The SMILES string of the molecule is CCCCCCCCCCCCCCCC(=O)N[N+](C)(C)C.[Cl-]. The third-order valence-electron chi connectivity index (χ3n) is 3.97. The van der Waals surface area contributed by atoms with Gasteiger partial charge in [0.05, 0.1) is 21.1 Å². The van der Waals surface area contributed by atoms with Gasteiger partial charge in [0, 0.05) is 6.42 Å². The van der Waals surface area contributed by atoms with Gasteiger partial charge in [-0.1, -0.05) is 84.0 Å². The molecule has 0 aliphatic rings. The van der Waals surface area contributed by atoms with Crippen molar-refractivity contribution in [1.82, 2.24) is 5.43 Å². The number of quaternary nitrogens is 1. The molecule has 0 aromatic carbocycles. The fourth-order valence-corrected chi connectivity index (χ4v) is 2.73. The van der Waals surface area contributed by atoms with Crippen molar-refractivity contribution in [1.29, 1.82) is 0 Å². The van der Waals surface area contributed by atoms with Gasteiger partial charge in [0.15, 0.2) is 0 Å². The highest BCUT2D eigenvalue weighted by Gasteiger charge is 2.11. The van der Waals surface area contributed by atoms with Crippen molar-refractivity contribution in [3.8, 4) is 0 Å². The molecule has 1 N–H and O–H groups in total. The lowest BCUT2D eigenvalue weighted by atomic mass is 10.0. The predicted molar refractivity (Wildman–Crippen MR) is 96.5 cm³/mol. The molecule has 0 fully saturated rings. The topological polar surface area (TPSA) is 29.1 Å². The van der Waals surface area contributed by atoms with Crippen molar-refractivity contribution < 1.29 is 21.8 Å². The number of amides is 1. The highest BCUT2D eigenvalue weighted by Crippen LogP contribution is 2.12. The van der Waals surface area contributed by atoms with Crippen LogP contribution in [0.25, 0.3) is 0 Å². The summed E-state index contributed by atoms with van der Waals surface area (Å²) in [7, 11) is 5.92. The van der Waals surface area contributed by atoms with E-state index in [2.05, 4.69) is 12.3 Å². The quantitative estimate of drug-likeness (QED) is 0.274. The Morgan fingerprint density at radius 2 is 1.04 bits per heavy atom. The van der Waals surface area contributed by atoms with Crippen LogP contribution in [0, 0.1) is 0 Å². The van der Waals surface area contributed by atoms with Gasteiger partial charge in [-0.25, -0.2) is 10.0 Å². The Balaban J connectivity index is 0. The average Bonchev–Trinajstić information content (AvgIpc) is 2.42. The lowest BCUT2D eigenvalue weighted by Crippen LogP contribution is -3.00. The number of rotatable bonds is 15. The molecular formula is C19H41ClN2O. The van der Waals surface area contributed by atoms with E-state index in [1.165, 1.54) is 77.0 Å². The van der Waals surface area contributed by atoms with Crippen molar-refractivity contribution in [3.05, 3.63) is 0 Å². The van der Waals surface area contributed by atoms with Gasteiger partial charge < -0.3 is 12.4 Å². The number of hydrogen-bond donors (Lipinski definition) is 1. The number of carbonyl (C=O) groups excluding carboxylic acids is 1. The second kappa shape index (κ2) is 16.6. The summed E-state index contributed by atoms with van der Waals surface area (Å²) in [5.41, 5.74) is 2.96. The standard InChI is InChI=1S/C19H40N2O.ClH/c1-5-6-7-8-9-10-11-12-13-14-15-16-17-18-19(22)20-21(2,3)4;/h5-18H2,1-4H3;1H. The first-order valence-electron chi connectivity index (χ1n) is 9.58. The fourth-order valence-electron chi connectivity index (χ4n) is 2.73. The molecule has 0 atom stereocenters. The molecule has 0 unspecified atom stereocenters. The molecule has 0 aliphatic heterocycles. The Bertz CT molecular complexity index is 265. The van der Waals surface area contributed by atoms with E-state index in [9.17, 15) is 4.79 Å². The average molecular weight is 349 g/mol. The zero-order valence-electron chi connectivity index (χ0n) is 16.1. The Hall–Kier alpha value is -0.280. The molecule has 0 radical (unpaired) electrons. The number of nitrogens with zero attached hydrogens (tertiary/aromatic N) is 1. The third kappa shape index (κ3) is 21.7. The first-order chi connectivity index (χ1) is 10.5. The molecule has 0 heterocycles. The molecule has 0 aromatic heterocycles. The summed E-state index contributed by atoms with van der Waals surface area (Å²) in [5, 5.41) is 0. The summed E-state index contributed by atoms with van der Waals surface area (Å²) in [5.74, 6) is 0.176. The molecular weight excluding hydrogens is 308 g/mol. The summed E-state index contributed by atoms with van der Waals surface area (Å²) < 4.78 is 0.511. The van der Waals surface area contributed by atoms with Crippen LogP contribution in [0.1, 0.15) is 96.8 Å². The highest BCUT2D eigenvalue weighted by atomic mass is 35.5. The van der Waals surface area contributed by atoms with Gasteiger partial charge in [-0.2, -0.15) is 0 Å². The summed E-state index contributed by atoms with van der Waals surface area (Å²) in [4.78, 5) is 11.6. The van der Waals surface area contributed by atoms with Crippen LogP contribution in [-0.4, -0.2) is 31.6 Å². The number of hydrogen-bond acceptors (Lipinski definition) is 1. The lowest BCUT2D eigenvalue weighted by Gasteiger charge is -2.23. The van der Waals surface area contributed by atoms with Gasteiger partial charge in [0.25, 0.3) is 5.91 Å². The minimum atomic E-state index is 0. The van der Waals surface area contributed by atoms with Gasteiger partial charge in [-0.15, -0.1) is 0 Å². The molecule has 3 nitrogen and oxygen atoms in total. The molecule has 0 spiro atoms. The van der Waals surface area contributed by atoms with E-state index in [1.807, 2.05) is 21.1 Å². The molecule has 1 amide bonds. The summed E-state index contributed by atoms with van der Waals surface area (Å²) in [6.45, 7) is 2.27. The zero-order valence-corrected chi connectivity index (χ0v) is 16.9. The molecule has 0 aliphatic carbocycles. The second-order valence-electron chi connectivity index (χ2n) is 7.54. The van der Waals surface area contributed by atoms with E-state index in [-0.39, 0.29) is 18.3 Å². The van der Waals surface area contributed by atoms with Gasteiger partial charge in [-0.05, 0) is 6.42 Å². The van der Waals surface area contributed by atoms with Gasteiger partial charge >= 0.3 is 0 Å². The Morgan fingerprint density at radius 3 is 1.39 bits per heavy atom. The number of carbonyl (C=O) groups is 1. The monoisotopic (exact) mass is 348 g/mol. The minimum absolute atomic E-state index is 0. The van der Waals surface area contributed by atoms with Crippen molar-refractivity contribution in [2.45, 2.75) is 96.8 Å². The number of halogens is 1. The Labute approximate surface area is 151 Å². The van der Waals surface area contributed by atoms with Crippen LogP contribution in [0.3, 0.4) is 0 Å². The van der Waals surface area contributed by atoms with E-state index in [1.54, 1.807) is 0 Å². The number of unbranched alkanes of at least 4 members (excludes halogenated alkanes) is 12. The van der Waals surface area contributed by atoms with Crippen LogP contribution in [-0.2, 0) is 4.79 Å². The lowest BCUT2D eigenvalue weighted by molar-refractivity contribution is -0.906. The van der Waals surface area contributed by atoms with Crippen molar-refractivity contribution in [3.63, 3.8) is 0 Å². The van der Waals surface area contributed by atoms with Crippen molar-refractivity contribution >= 4 is 5.91 Å². The second-order valence-corrected chi connectivity index (χ2v) is 7.54. The zero-order chi connectivity index (χ0) is 16.7. The van der Waals surface area contributed by atoms with E-state index in [4.69, 9.17) is 0 Å². The molecule has 0 bridgehead atoms. The highest BCUT2D eigenvalue weighted by molar-refractivity contribution is 5.74. The molecule has 140 valence electrons. The molecule has 0 saturated carbocycles. The molecule has 23 heavy (non-hydrogen) atoms. The molecule has 0 aromatic rings. The van der Waals surface area contributed by atoms with E-state index in [0.717, 1.165) is 6.42 Å². The van der Waals surface area contributed by atoms with Crippen LogP contribution in [0.2, 0.25) is 0 Å². The molecule has 4 heteroatoms. The van der Waals surface area contributed by atoms with E-state index in [0.29, 0.717) is 11.0 Å². The van der Waals surface area contributed by atoms with E-state index >= 15 is 0 Å². The van der Waals surface area contributed by atoms with Gasteiger partial charge in [0.2, 0.25) is 0 Å². The van der Waals surface area contributed by atoms with Gasteiger partial charge in [0.1, 0.15) is 0 Å². The van der Waals surface area contributed by atoms with Crippen molar-refractivity contribution in [2.75, 3.05) is 21.1 Å². The predicted octanol–water partition coefficient (Wildman–Crippen LogP) is 2.21. The maximum Gasteiger partial charge on any atom is 0.264 e. The smallest absolute Gasteiger partial charge is 0.264 e.